The summed E-state index contributed by atoms with van der Waals surface area (Å²) < 4.78 is 33.7. The number of hydrogen-bond acceptors (Lipinski definition) is 5. The van der Waals surface area contributed by atoms with Crippen LogP contribution in [0.5, 0.6) is 11.5 Å². The van der Waals surface area contributed by atoms with Crippen LogP contribution in [-0.4, -0.2) is 21.4 Å². The third kappa shape index (κ3) is 6.45. The van der Waals surface area contributed by atoms with Gasteiger partial charge >= 0.3 is 0 Å². The van der Waals surface area contributed by atoms with Crippen molar-refractivity contribution in [3.8, 4) is 11.5 Å². The summed E-state index contributed by atoms with van der Waals surface area (Å²) in [5, 5.41) is 8.41. The monoisotopic (exact) mass is 460 g/mol. The van der Waals surface area contributed by atoms with Gasteiger partial charge in [0, 0.05) is 21.8 Å². The average molecular weight is 461 g/mol. The fourth-order valence-electron chi connectivity index (χ4n) is 2.87. The SMILES string of the molecule is COc1cc(C(=O)Nc2cccc(CS(N)(=O)=O)c2)ccc1OCc1ccccc1Cl. The Morgan fingerprint density at radius 3 is 2.52 bits per heavy atom. The maximum absolute atomic E-state index is 12.6. The topological polar surface area (TPSA) is 108 Å². The number of methoxy groups -OCH3 is 1. The molecule has 0 aliphatic heterocycles. The first-order valence-corrected chi connectivity index (χ1v) is 11.3. The van der Waals surface area contributed by atoms with E-state index >= 15 is 0 Å². The lowest BCUT2D eigenvalue weighted by Gasteiger charge is -2.13. The van der Waals surface area contributed by atoms with Gasteiger partial charge in [-0.15, -0.1) is 0 Å². The van der Waals surface area contributed by atoms with E-state index in [0.29, 0.717) is 33.3 Å². The Labute approximate surface area is 185 Å². The number of carbonyl (C=O) groups is 1. The molecule has 31 heavy (non-hydrogen) atoms. The van der Waals surface area contributed by atoms with Crippen LogP contribution in [0.15, 0.2) is 66.7 Å². The molecule has 7 nitrogen and oxygen atoms in total. The fourth-order valence-corrected chi connectivity index (χ4v) is 3.71. The molecule has 3 aromatic rings. The molecule has 3 N–H and O–H groups in total. The number of hydrogen-bond donors (Lipinski definition) is 2. The standard InChI is InChI=1S/C22H21ClN2O5S/c1-29-21-12-16(9-10-20(21)30-13-17-6-2-3-8-19(17)23)22(26)25-18-7-4-5-15(11-18)14-31(24,27)28/h2-12H,13-14H2,1H3,(H,25,26)(H2,24,27,28). The molecule has 0 radical (unpaired) electrons. The maximum atomic E-state index is 12.6. The summed E-state index contributed by atoms with van der Waals surface area (Å²) in [4.78, 5) is 12.6. The van der Waals surface area contributed by atoms with E-state index < -0.39 is 10.0 Å². The van der Waals surface area contributed by atoms with Gasteiger partial charge in [0.25, 0.3) is 5.91 Å². The fraction of sp³-hybridized carbons (Fsp3) is 0.136. The van der Waals surface area contributed by atoms with Gasteiger partial charge in [-0.2, -0.15) is 0 Å². The maximum Gasteiger partial charge on any atom is 0.255 e. The molecular formula is C22H21ClN2O5S. The van der Waals surface area contributed by atoms with Crippen molar-refractivity contribution in [3.05, 3.63) is 88.4 Å². The van der Waals surface area contributed by atoms with Crippen molar-refractivity contribution in [2.75, 3.05) is 12.4 Å². The number of amides is 1. The number of benzene rings is 3. The summed E-state index contributed by atoms with van der Waals surface area (Å²) in [6.45, 7) is 0.248. The van der Waals surface area contributed by atoms with Gasteiger partial charge in [0.1, 0.15) is 6.61 Å². The predicted molar refractivity (Wildman–Crippen MR) is 120 cm³/mol. The third-order valence-corrected chi connectivity index (χ3v) is 5.42. The van der Waals surface area contributed by atoms with Crippen LogP contribution in [0.25, 0.3) is 0 Å². The molecule has 3 rings (SSSR count). The van der Waals surface area contributed by atoms with E-state index in [0.717, 1.165) is 5.56 Å². The largest absolute Gasteiger partial charge is 0.493 e. The molecule has 162 valence electrons. The summed E-state index contributed by atoms with van der Waals surface area (Å²) in [6.07, 6.45) is 0. The van der Waals surface area contributed by atoms with E-state index in [1.165, 1.54) is 7.11 Å². The zero-order chi connectivity index (χ0) is 22.4. The Kier molecular flexibility index (Phi) is 7.17. The molecule has 0 heterocycles. The van der Waals surface area contributed by atoms with Crippen LogP contribution in [0.2, 0.25) is 5.02 Å². The molecule has 3 aromatic carbocycles. The van der Waals surface area contributed by atoms with Crippen LogP contribution >= 0.6 is 11.6 Å². The minimum absolute atomic E-state index is 0.248. The molecular weight excluding hydrogens is 440 g/mol. The molecule has 9 heteroatoms. The second-order valence-electron chi connectivity index (χ2n) is 6.71. The second-order valence-corrected chi connectivity index (χ2v) is 8.73. The number of sulfonamides is 1. The number of rotatable bonds is 8. The average Bonchev–Trinajstić information content (AvgIpc) is 2.72. The van der Waals surface area contributed by atoms with E-state index in [1.807, 2.05) is 18.2 Å². The second kappa shape index (κ2) is 9.82. The van der Waals surface area contributed by atoms with Crippen molar-refractivity contribution in [1.82, 2.24) is 0 Å². The highest BCUT2D eigenvalue weighted by Gasteiger charge is 2.13. The van der Waals surface area contributed by atoms with E-state index in [-0.39, 0.29) is 18.3 Å². The first-order valence-electron chi connectivity index (χ1n) is 9.20. The Bertz CT molecular complexity index is 1200. The Balaban J connectivity index is 1.72. The molecule has 0 aliphatic carbocycles. The van der Waals surface area contributed by atoms with Gasteiger partial charge in [-0.05, 0) is 42.0 Å². The van der Waals surface area contributed by atoms with Crippen LogP contribution in [0.3, 0.4) is 0 Å². The van der Waals surface area contributed by atoms with E-state index in [1.54, 1.807) is 48.5 Å². The number of nitrogens with one attached hydrogen (secondary N) is 1. The zero-order valence-electron chi connectivity index (χ0n) is 16.7. The van der Waals surface area contributed by atoms with Gasteiger partial charge in [-0.3, -0.25) is 4.79 Å². The number of nitrogens with two attached hydrogens (primary N) is 1. The molecule has 0 aliphatic rings. The highest BCUT2D eigenvalue weighted by Crippen LogP contribution is 2.30. The first-order chi connectivity index (χ1) is 14.7. The summed E-state index contributed by atoms with van der Waals surface area (Å²) in [7, 11) is -2.19. The molecule has 0 aromatic heterocycles. The van der Waals surface area contributed by atoms with Crippen LogP contribution in [0.1, 0.15) is 21.5 Å². The third-order valence-electron chi connectivity index (χ3n) is 4.32. The lowest BCUT2D eigenvalue weighted by Crippen LogP contribution is -2.15. The zero-order valence-corrected chi connectivity index (χ0v) is 18.2. The number of ether oxygens (including phenoxy) is 2. The summed E-state index contributed by atoms with van der Waals surface area (Å²) in [5.41, 5.74) is 2.09. The van der Waals surface area contributed by atoms with Gasteiger partial charge < -0.3 is 14.8 Å². The molecule has 0 fully saturated rings. The number of carbonyl (C=O) groups excluding carboxylic acids is 1. The highest BCUT2D eigenvalue weighted by molar-refractivity contribution is 7.88. The molecule has 0 unspecified atom stereocenters. The quantitative estimate of drug-likeness (QED) is 0.528. The minimum atomic E-state index is -3.67. The first kappa shape index (κ1) is 22.6. The molecule has 0 saturated heterocycles. The summed E-state index contributed by atoms with van der Waals surface area (Å²) in [6, 6.07) is 18.6. The number of anilines is 1. The highest BCUT2D eigenvalue weighted by atomic mass is 35.5. The molecule has 0 spiro atoms. The van der Waals surface area contributed by atoms with Crippen molar-refractivity contribution in [3.63, 3.8) is 0 Å². The van der Waals surface area contributed by atoms with E-state index in [2.05, 4.69) is 5.32 Å². The minimum Gasteiger partial charge on any atom is -0.493 e. The Morgan fingerprint density at radius 2 is 1.81 bits per heavy atom. The van der Waals surface area contributed by atoms with Crippen LogP contribution in [0, 0.1) is 0 Å². The van der Waals surface area contributed by atoms with Gasteiger partial charge in [0.2, 0.25) is 10.0 Å². The van der Waals surface area contributed by atoms with Crippen molar-refractivity contribution in [1.29, 1.82) is 0 Å². The molecule has 0 saturated carbocycles. The van der Waals surface area contributed by atoms with Crippen molar-refractivity contribution in [2.24, 2.45) is 5.14 Å². The molecule has 0 bridgehead atoms. The van der Waals surface area contributed by atoms with E-state index in [4.69, 9.17) is 26.2 Å². The lowest BCUT2D eigenvalue weighted by molar-refractivity contribution is 0.102. The van der Waals surface area contributed by atoms with Crippen LogP contribution in [-0.2, 0) is 22.4 Å². The molecule has 1 amide bonds. The van der Waals surface area contributed by atoms with Gasteiger partial charge in [-0.25, -0.2) is 13.6 Å². The Hall–Kier alpha value is -3.07. The number of primary sulfonamides is 1. The normalized spacial score (nSPS) is 11.1. The smallest absolute Gasteiger partial charge is 0.255 e. The summed E-state index contributed by atoms with van der Waals surface area (Å²) in [5.74, 6) is 0.155. The molecule has 0 atom stereocenters. The number of halogens is 1. The van der Waals surface area contributed by atoms with Crippen LogP contribution < -0.4 is 19.9 Å². The predicted octanol–water partition coefficient (Wildman–Crippen LogP) is 3.97. The van der Waals surface area contributed by atoms with Gasteiger partial charge in [-0.1, -0.05) is 41.9 Å². The van der Waals surface area contributed by atoms with Crippen molar-refractivity contribution in [2.45, 2.75) is 12.4 Å². The van der Waals surface area contributed by atoms with E-state index in [9.17, 15) is 13.2 Å². The van der Waals surface area contributed by atoms with Crippen molar-refractivity contribution < 1.29 is 22.7 Å². The van der Waals surface area contributed by atoms with Crippen molar-refractivity contribution >= 4 is 33.2 Å². The Morgan fingerprint density at radius 1 is 1.03 bits per heavy atom. The summed E-state index contributed by atoms with van der Waals surface area (Å²) >= 11 is 6.15. The van der Waals surface area contributed by atoms with Gasteiger partial charge in [0.05, 0.1) is 12.9 Å². The lowest BCUT2D eigenvalue weighted by atomic mass is 10.1. The van der Waals surface area contributed by atoms with Crippen LogP contribution in [0.4, 0.5) is 5.69 Å². The van der Waals surface area contributed by atoms with Gasteiger partial charge in [0.15, 0.2) is 11.5 Å².